The lowest BCUT2D eigenvalue weighted by atomic mass is 10.1. The van der Waals surface area contributed by atoms with Gasteiger partial charge in [-0.25, -0.2) is 4.79 Å². The van der Waals surface area contributed by atoms with Crippen molar-refractivity contribution in [3.05, 3.63) is 39.2 Å². The molecule has 1 heterocycles. The first-order valence-corrected chi connectivity index (χ1v) is 5.33. The first-order chi connectivity index (χ1) is 7.65. The number of fused-ring (bicyclic) bond motifs is 1. The summed E-state index contributed by atoms with van der Waals surface area (Å²) < 4.78 is 10.2. The van der Waals surface area contributed by atoms with Gasteiger partial charge in [0.15, 0.2) is 0 Å². The minimum Gasteiger partial charge on any atom is -0.495 e. The van der Waals surface area contributed by atoms with Crippen molar-refractivity contribution >= 4 is 22.6 Å². The predicted octanol–water partition coefficient (Wildman–Crippen LogP) is 3.02. The van der Waals surface area contributed by atoms with E-state index >= 15 is 0 Å². The molecule has 4 heteroatoms. The molecule has 1 aromatic heterocycles. The highest BCUT2D eigenvalue weighted by Gasteiger charge is 2.09. The van der Waals surface area contributed by atoms with Crippen LogP contribution in [0.2, 0.25) is 5.02 Å². The van der Waals surface area contributed by atoms with E-state index in [2.05, 4.69) is 0 Å². The minimum absolute atomic E-state index is 0.353. The topological polar surface area (TPSA) is 39.4 Å². The third-order valence-electron chi connectivity index (χ3n) is 2.48. The fourth-order valence-electron chi connectivity index (χ4n) is 1.68. The lowest BCUT2D eigenvalue weighted by Gasteiger charge is -2.06. The van der Waals surface area contributed by atoms with Gasteiger partial charge in [-0.15, -0.1) is 0 Å². The second-order valence-electron chi connectivity index (χ2n) is 3.43. The molecule has 0 aliphatic rings. The molecule has 0 aliphatic heterocycles. The van der Waals surface area contributed by atoms with Crippen LogP contribution in [-0.4, -0.2) is 7.11 Å². The van der Waals surface area contributed by atoms with Gasteiger partial charge in [0, 0.05) is 17.5 Å². The Labute approximate surface area is 97.6 Å². The average Bonchev–Trinajstić information content (AvgIpc) is 2.28. The number of aryl methyl sites for hydroxylation is 1. The number of rotatable bonds is 2. The Bertz CT molecular complexity index is 587. The van der Waals surface area contributed by atoms with Crippen LogP contribution in [0.1, 0.15) is 12.5 Å². The van der Waals surface area contributed by atoms with Crippen LogP contribution >= 0.6 is 11.6 Å². The monoisotopic (exact) mass is 238 g/mol. The predicted molar refractivity (Wildman–Crippen MR) is 63.4 cm³/mol. The number of benzene rings is 1. The zero-order valence-electron chi connectivity index (χ0n) is 9.04. The molecule has 84 valence electrons. The van der Waals surface area contributed by atoms with E-state index in [4.69, 9.17) is 20.8 Å². The maximum absolute atomic E-state index is 11.3. The summed E-state index contributed by atoms with van der Waals surface area (Å²) in [5, 5.41) is 1.37. The Morgan fingerprint density at radius 1 is 1.38 bits per heavy atom. The molecule has 2 aromatic rings. The normalized spacial score (nSPS) is 10.7. The van der Waals surface area contributed by atoms with Crippen molar-refractivity contribution in [2.24, 2.45) is 0 Å². The van der Waals surface area contributed by atoms with Crippen molar-refractivity contribution in [3.8, 4) is 5.75 Å². The smallest absolute Gasteiger partial charge is 0.336 e. The van der Waals surface area contributed by atoms with Crippen molar-refractivity contribution in [2.75, 3.05) is 7.11 Å². The summed E-state index contributed by atoms with van der Waals surface area (Å²) in [6.07, 6.45) is 0.755. The second kappa shape index (κ2) is 4.18. The van der Waals surface area contributed by atoms with Crippen molar-refractivity contribution < 1.29 is 9.15 Å². The van der Waals surface area contributed by atoms with Gasteiger partial charge in [0.2, 0.25) is 0 Å². The number of ether oxygens (including phenoxy) is 1. The van der Waals surface area contributed by atoms with Crippen LogP contribution in [0, 0.1) is 0 Å². The summed E-state index contributed by atoms with van der Waals surface area (Å²) in [4.78, 5) is 11.3. The van der Waals surface area contributed by atoms with Gasteiger partial charge in [0.25, 0.3) is 0 Å². The highest BCUT2D eigenvalue weighted by atomic mass is 35.5. The van der Waals surface area contributed by atoms with Crippen molar-refractivity contribution in [3.63, 3.8) is 0 Å². The standard InChI is InChI=1S/C12H11ClO3/c1-3-7-4-12(14)16-10-6-11(15-2)9(13)5-8(7)10/h4-6H,3H2,1-2H3. The fraction of sp³-hybridized carbons (Fsp3) is 0.250. The molecule has 0 saturated heterocycles. The van der Waals surface area contributed by atoms with Gasteiger partial charge in [-0.3, -0.25) is 0 Å². The van der Waals surface area contributed by atoms with Crippen LogP contribution < -0.4 is 10.4 Å². The molecule has 1 aromatic carbocycles. The molecular formula is C12H11ClO3. The van der Waals surface area contributed by atoms with Crippen LogP contribution in [0.3, 0.4) is 0 Å². The van der Waals surface area contributed by atoms with Gasteiger partial charge in [0.05, 0.1) is 12.1 Å². The van der Waals surface area contributed by atoms with E-state index in [0.717, 1.165) is 17.4 Å². The Kier molecular flexibility index (Phi) is 2.88. The fourth-order valence-corrected chi connectivity index (χ4v) is 1.92. The zero-order valence-corrected chi connectivity index (χ0v) is 9.80. The molecule has 3 nitrogen and oxygen atoms in total. The highest BCUT2D eigenvalue weighted by molar-refractivity contribution is 6.32. The lowest BCUT2D eigenvalue weighted by molar-refractivity contribution is 0.414. The van der Waals surface area contributed by atoms with Crippen molar-refractivity contribution in [1.29, 1.82) is 0 Å². The molecule has 2 rings (SSSR count). The Balaban J connectivity index is 2.84. The summed E-state index contributed by atoms with van der Waals surface area (Å²) in [6, 6.07) is 4.89. The molecule has 0 aliphatic carbocycles. The highest BCUT2D eigenvalue weighted by Crippen LogP contribution is 2.30. The quantitative estimate of drug-likeness (QED) is 0.755. The number of hydrogen-bond donors (Lipinski definition) is 0. The summed E-state index contributed by atoms with van der Waals surface area (Å²) in [6.45, 7) is 1.98. The maximum atomic E-state index is 11.3. The summed E-state index contributed by atoms with van der Waals surface area (Å²) in [5.41, 5.74) is 1.08. The first-order valence-electron chi connectivity index (χ1n) is 4.96. The van der Waals surface area contributed by atoms with Gasteiger partial charge in [-0.05, 0) is 18.1 Å². The first kappa shape index (κ1) is 11.0. The van der Waals surface area contributed by atoms with Gasteiger partial charge < -0.3 is 9.15 Å². The molecule has 0 saturated carbocycles. The van der Waals surface area contributed by atoms with Gasteiger partial charge in [-0.2, -0.15) is 0 Å². The van der Waals surface area contributed by atoms with Crippen LogP contribution in [0.4, 0.5) is 0 Å². The number of hydrogen-bond acceptors (Lipinski definition) is 3. The van der Waals surface area contributed by atoms with Crippen LogP contribution in [0.5, 0.6) is 5.75 Å². The van der Waals surface area contributed by atoms with E-state index in [-0.39, 0.29) is 5.63 Å². The maximum Gasteiger partial charge on any atom is 0.336 e. The number of methoxy groups -OCH3 is 1. The molecule has 0 fully saturated rings. The molecular weight excluding hydrogens is 228 g/mol. The zero-order chi connectivity index (χ0) is 11.7. The third-order valence-corrected chi connectivity index (χ3v) is 2.78. The van der Waals surface area contributed by atoms with E-state index < -0.39 is 0 Å². The molecule has 0 amide bonds. The minimum atomic E-state index is -0.353. The van der Waals surface area contributed by atoms with Crippen LogP contribution in [0.15, 0.2) is 27.4 Å². The number of halogens is 1. The molecule has 16 heavy (non-hydrogen) atoms. The molecule has 0 N–H and O–H groups in total. The average molecular weight is 239 g/mol. The lowest BCUT2D eigenvalue weighted by Crippen LogP contribution is -2.00. The van der Waals surface area contributed by atoms with Gasteiger partial charge >= 0.3 is 5.63 Å². The Morgan fingerprint density at radius 2 is 2.12 bits per heavy atom. The second-order valence-corrected chi connectivity index (χ2v) is 3.83. The third kappa shape index (κ3) is 1.78. The Morgan fingerprint density at radius 3 is 2.75 bits per heavy atom. The Hall–Kier alpha value is -1.48. The summed E-state index contributed by atoms with van der Waals surface area (Å²) >= 11 is 6.03. The molecule has 0 radical (unpaired) electrons. The molecule has 0 spiro atoms. The van der Waals surface area contributed by atoms with E-state index in [1.54, 1.807) is 12.1 Å². The summed E-state index contributed by atoms with van der Waals surface area (Å²) in [7, 11) is 1.52. The molecule has 0 atom stereocenters. The van der Waals surface area contributed by atoms with Crippen LogP contribution in [-0.2, 0) is 6.42 Å². The van der Waals surface area contributed by atoms with Crippen LogP contribution in [0.25, 0.3) is 11.0 Å². The SMILES string of the molecule is CCc1cc(=O)oc2cc(OC)c(Cl)cc12. The van der Waals surface area contributed by atoms with Crippen molar-refractivity contribution in [2.45, 2.75) is 13.3 Å². The molecule has 0 unspecified atom stereocenters. The van der Waals surface area contributed by atoms with E-state index in [1.807, 2.05) is 6.92 Å². The largest absolute Gasteiger partial charge is 0.495 e. The van der Waals surface area contributed by atoms with E-state index in [9.17, 15) is 4.79 Å². The summed E-state index contributed by atoms with van der Waals surface area (Å²) in [5.74, 6) is 0.505. The van der Waals surface area contributed by atoms with Crippen molar-refractivity contribution in [1.82, 2.24) is 0 Å². The van der Waals surface area contributed by atoms with E-state index in [1.165, 1.54) is 13.2 Å². The van der Waals surface area contributed by atoms with Gasteiger partial charge in [0.1, 0.15) is 11.3 Å². The van der Waals surface area contributed by atoms with E-state index in [0.29, 0.717) is 16.4 Å². The van der Waals surface area contributed by atoms with Gasteiger partial charge in [-0.1, -0.05) is 18.5 Å². The molecule has 0 bridgehead atoms.